The van der Waals surface area contributed by atoms with Gasteiger partial charge in [0.15, 0.2) is 5.11 Å². The van der Waals surface area contributed by atoms with Crippen molar-refractivity contribution in [1.82, 2.24) is 0 Å². The number of anilines is 2. The Morgan fingerprint density at radius 1 is 0.805 bits per heavy atom. The minimum Gasteiger partial charge on any atom is -0.487 e. The van der Waals surface area contributed by atoms with Crippen molar-refractivity contribution in [3.05, 3.63) is 126 Å². The number of hydrogen-bond donors (Lipinski definition) is 0. The fraction of sp³-hybridized carbons (Fsp3) is 0.0938. The Morgan fingerprint density at radius 2 is 1.41 bits per heavy atom. The van der Waals surface area contributed by atoms with E-state index in [1.807, 2.05) is 62.4 Å². The van der Waals surface area contributed by atoms with Crippen LogP contribution in [0.15, 0.2) is 90.5 Å². The van der Waals surface area contributed by atoms with Crippen molar-refractivity contribution in [2.24, 2.45) is 0 Å². The van der Waals surface area contributed by atoms with Gasteiger partial charge in [0, 0.05) is 5.56 Å². The van der Waals surface area contributed by atoms with Crippen LogP contribution < -0.4 is 14.5 Å². The zero-order valence-corrected chi connectivity index (χ0v) is 27.2. The number of nitrogens with zero attached hydrogens (tertiary/aromatic N) is 2. The van der Waals surface area contributed by atoms with Crippen LogP contribution in [0, 0.1) is 26.8 Å². The molecule has 206 valence electrons. The first kappa shape index (κ1) is 29.3. The number of halogens is 3. The molecular weight excluding hydrogens is 765 g/mol. The number of benzene rings is 4. The number of ether oxygens (including phenoxy) is 1. The lowest BCUT2D eigenvalue weighted by Crippen LogP contribution is -2.57. The van der Waals surface area contributed by atoms with Gasteiger partial charge in [0.25, 0.3) is 11.8 Å². The minimum absolute atomic E-state index is 0.0210. The van der Waals surface area contributed by atoms with Gasteiger partial charge in [0.1, 0.15) is 23.7 Å². The summed E-state index contributed by atoms with van der Waals surface area (Å²) in [5, 5.41) is 0.0904. The molecule has 5 nitrogen and oxygen atoms in total. The number of aryl methyl sites for hydroxylation is 2. The third-order valence-corrected chi connectivity index (χ3v) is 8.64. The summed E-state index contributed by atoms with van der Waals surface area (Å²) >= 11 is 10.0. The summed E-state index contributed by atoms with van der Waals surface area (Å²) in [5.41, 5.74) is 4.31. The highest BCUT2D eigenvalue weighted by atomic mass is 127. The lowest BCUT2D eigenvalue weighted by atomic mass is 10.0. The quantitative estimate of drug-likeness (QED) is 0.0862. The fourth-order valence-corrected chi connectivity index (χ4v) is 6.86. The van der Waals surface area contributed by atoms with Crippen molar-refractivity contribution in [2.45, 2.75) is 20.5 Å². The third kappa shape index (κ3) is 6.07. The van der Waals surface area contributed by atoms with E-state index in [4.69, 9.17) is 17.0 Å². The monoisotopic (exact) mass is 788 g/mol. The Morgan fingerprint density at radius 3 is 2.05 bits per heavy atom. The number of amides is 2. The van der Waals surface area contributed by atoms with E-state index in [1.165, 1.54) is 15.9 Å². The molecule has 41 heavy (non-hydrogen) atoms. The van der Waals surface area contributed by atoms with E-state index >= 15 is 0 Å². The van der Waals surface area contributed by atoms with E-state index in [0.29, 0.717) is 28.3 Å². The standard InChI is InChI=1S/C32H23FI2N2O3S/c1-19-12-13-24(14-20(19)2)37-31(39)25(30(38)36(32(37)41)23-9-4-3-5-10-23)15-21-16-27(34)29(28(35)17-21)40-18-22-8-6-7-11-26(22)33/h3-17H,18H2,1-2H3/b25-15+. The maximum absolute atomic E-state index is 14.1. The lowest BCUT2D eigenvalue weighted by molar-refractivity contribution is -0.120. The van der Waals surface area contributed by atoms with Crippen molar-refractivity contribution in [2.75, 3.05) is 9.80 Å². The Labute approximate surface area is 270 Å². The van der Waals surface area contributed by atoms with Crippen LogP contribution in [0.4, 0.5) is 15.8 Å². The predicted octanol–water partition coefficient (Wildman–Crippen LogP) is 7.98. The molecule has 0 radical (unpaired) electrons. The number of hydrogen-bond acceptors (Lipinski definition) is 4. The maximum Gasteiger partial charge on any atom is 0.270 e. The summed E-state index contributed by atoms with van der Waals surface area (Å²) in [6.45, 7) is 4.03. The average molecular weight is 788 g/mol. The van der Waals surface area contributed by atoms with Gasteiger partial charge >= 0.3 is 0 Å². The normalized spacial score (nSPS) is 14.7. The van der Waals surface area contributed by atoms with E-state index in [2.05, 4.69) is 45.2 Å². The Kier molecular flexibility index (Phi) is 8.85. The average Bonchev–Trinajstić information content (AvgIpc) is 2.94. The largest absolute Gasteiger partial charge is 0.487 e. The van der Waals surface area contributed by atoms with Crippen LogP contribution in [0.2, 0.25) is 0 Å². The van der Waals surface area contributed by atoms with Gasteiger partial charge in [-0.2, -0.15) is 0 Å². The number of rotatable bonds is 6. The van der Waals surface area contributed by atoms with Crippen molar-refractivity contribution >= 4 is 91.8 Å². The first-order valence-corrected chi connectivity index (χ1v) is 15.1. The lowest BCUT2D eigenvalue weighted by Gasteiger charge is -2.36. The number of carbonyl (C=O) groups excluding carboxylic acids is 2. The number of carbonyl (C=O) groups is 2. The van der Waals surface area contributed by atoms with E-state index in [1.54, 1.807) is 36.4 Å². The van der Waals surface area contributed by atoms with E-state index in [-0.39, 0.29) is 23.1 Å². The summed E-state index contributed by atoms with van der Waals surface area (Å²) in [6.07, 6.45) is 1.58. The van der Waals surface area contributed by atoms with Crippen LogP contribution in [0.5, 0.6) is 5.75 Å². The Hall–Kier alpha value is -3.16. The van der Waals surface area contributed by atoms with Crippen LogP contribution in [-0.4, -0.2) is 16.9 Å². The van der Waals surface area contributed by atoms with Gasteiger partial charge in [-0.15, -0.1) is 0 Å². The molecule has 1 fully saturated rings. The summed E-state index contributed by atoms with van der Waals surface area (Å²) in [6, 6.07) is 24.8. The van der Waals surface area contributed by atoms with Gasteiger partial charge in [0.2, 0.25) is 0 Å². The smallest absolute Gasteiger partial charge is 0.270 e. The first-order valence-electron chi connectivity index (χ1n) is 12.6. The Balaban J connectivity index is 1.54. The van der Waals surface area contributed by atoms with Gasteiger partial charge in [0.05, 0.1) is 18.5 Å². The highest BCUT2D eigenvalue weighted by molar-refractivity contribution is 14.1. The van der Waals surface area contributed by atoms with Gasteiger partial charge < -0.3 is 4.74 Å². The van der Waals surface area contributed by atoms with E-state index < -0.39 is 11.8 Å². The minimum atomic E-state index is -0.504. The zero-order valence-electron chi connectivity index (χ0n) is 22.0. The molecule has 1 aliphatic heterocycles. The molecule has 0 N–H and O–H groups in total. The molecule has 4 aromatic carbocycles. The molecule has 5 rings (SSSR count). The molecule has 0 aromatic heterocycles. The SMILES string of the molecule is Cc1ccc(N2C(=O)/C(=C/c3cc(I)c(OCc4ccccc4F)c(I)c3)C(=O)N(c3ccccc3)C2=S)cc1C. The van der Waals surface area contributed by atoms with Crippen molar-refractivity contribution in [1.29, 1.82) is 0 Å². The molecule has 0 bridgehead atoms. The molecule has 0 spiro atoms. The van der Waals surface area contributed by atoms with Crippen LogP contribution in [-0.2, 0) is 16.2 Å². The van der Waals surface area contributed by atoms with Crippen molar-refractivity contribution in [3.8, 4) is 5.75 Å². The van der Waals surface area contributed by atoms with Crippen LogP contribution in [0.25, 0.3) is 6.08 Å². The molecular formula is C32H23FI2N2O3S. The zero-order chi connectivity index (χ0) is 29.3. The topological polar surface area (TPSA) is 49.9 Å². The van der Waals surface area contributed by atoms with Gasteiger partial charge in [-0.05, 0) is 136 Å². The molecule has 0 atom stereocenters. The van der Waals surface area contributed by atoms with Crippen LogP contribution >= 0.6 is 57.4 Å². The summed E-state index contributed by atoms with van der Waals surface area (Å²) < 4.78 is 21.6. The maximum atomic E-state index is 14.1. The molecule has 9 heteroatoms. The molecule has 1 saturated heterocycles. The summed E-state index contributed by atoms with van der Waals surface area (Å²) in [7, 11) is 0. The molecule has 4 aromatic rings. The highest BCUT2D eigenvalue weighted by Gasteiger charge is 2.41. The third-order valence-electron chi connectivity index (χ3n) is 6.67. The second-order valence-corrected chi connectivity index (χ2v) is 12.1. The van der Waals surface area contributed by atoms with E-state index in [9.17, 15) is 14.0 Å². The van der Waals surface area contributed by atoms with Gasteiger partial charge in [-0.25, -0.2) is 4.39 Å². The Bertz CT molecular complexity index is 1700. The second kappa shape index (κ2) is 12.4. The molecule has 0 saturated carbocycles. The first-order chi connectivity index (χ1) is 19.7. The molecule has 1 aliphatic rings. The number of thiocarbonyl (C=S) groups is 1. The van der Waals surface area contributed by atoms with Gasteiger partial charge in [-0.1, -0.05) is 42.5 Å². The molecule has 2 amide bonds. The second-order valence-electron chi connectivity index (χ2n) is 9.42. The highest BCUT2D eigenvalue weighted by Crippen LogP contribution is 2.34. The molecule has 0 aliphatic carbocycles. The van der Waals surface area contributed by atoms with E-state index in [0.717, 1.165) is 18.3 Å². The van der Waals surface area contributed by atoms with Crippen LogP contribution in [0.3, 0.4) is 0 Å². The number of para-hydroxylation sites is 1. The summed E-state index contributed by atoms with van der Waals surface area (Å²) in [5.74, 6) is -0.736. The fourth-order valence-electron chi connectivity index (χ4n) is 4.36. The van der Waals surface area contributed by atoms with Crippen molar-refractivity contribution < 1.29 is 18.7 Å². The molecule has 0 unspecified atom stereocenters. The summed E-state index contributed by atoms with van der Waals surface area (Å²) in [4.78, 5) is 30.5. The predicted molar refractivity (Wildman–Crippen MR) is 181 cm³/mol. The van der Waals surface area contributed by atoms with Crippen LogP contribution in [0.1, 0.15) is 22.3 Å². The molecule has 1 heterocycles. The van der Waals surface area contributed by atoms with Gasteiger partial charge in [-0.3, -0.25) is 19.4 Å². The van der Waals surface area contributed by atoms with Crippen molar-refractivity contribution in [3.63, 3.8) is 0 Å².